The van der Waals surface area contributed by atoms with Crippen LogP contribution in [0.3, 0.4) is 0 Å². The van der Waals surface area contributed by atoms with Crippen LogP contribution in [0.15, 0.2) is 42.0 Å². The molecule has 1 amide bonds. The molecule has 1 saturated heterocycles. The van der Waals surface area contributed by atoms with Crippen molar-refractivity contribution in [2.75, 3.05) is 31.1 Å². The minimum absolute atomic E-state index is 0.117. The van der Waals surface area contributed by atoms with Gasteiger partial charge in [-0.25, -0.2) is 4.98 Å². The van der Waals surface area contributed by atoms with Gasteiger partial charge in [-0.05, 0) is 30.5 Å². The summed E-state index contributed by atoms with van der Waals surface area (Å²) in [6.07, 6.45) is 3.61. The number of carbonyl (C=O) groups excluding carboxylic acids is 1. The second-order valence-electron chi connectivity index (χ2n) is 5.85. The number of amides is 1. The Bertz CT molecular complexity index is 850. The summed E-state index contributed by atoms with van der Waals surface area (Å²) in [5.41, 5.74) is 0. The van der Waals surface area contributed by atoms with E-state index in [1.165, 1.54) is 11.3 Å². The Labute approximate surface area is 149 Å². The van der Waals surface area contributed by atoms with Crippen molar-refractivity contribution in [1.82, 2.24) is 24.6 Å². The second kappa shape index (κ2) is 6.64. The number of thiophene rings is 1. The van der Waals surface area contributed by atoms with E-state index in [0.717, 1.165) is 35.4 Å². The number of anilines is 1. The van der Waals surface area contributed by atoms with Gasteiger partial charge in [-0.2, -0.15) is 0 Å². The summed E-state index contributed by atoms with van der Waals surface area (Å²) in [5, 5.41) is 10.6. The molecule has 0 bridgehead atoms. The van der Waals surface area contributed by atoms with Crippen molar-refractivity contribution in [3.8, 4) is 5.82 Å². The predicted molar refractivity (Wildman–Crippen MR) is 96.3 cm³/mol. The quantitative estimate of drug-likeness (QED) is 0.720. The predicted octanol–water partition coefficient (Wildman–Crippen LogP) is 1.99. The third-order valence-electron chi connectivity index (χ3n) is 4.33. The number of piperazine rings is 1. The molecule has 1 aliphatic rings. The SMILES string of the molecule is Cc1nccn1-c1ccc(N2CCN(C(=O)c3cccs3)CC2)nn1. The molecule has 0 unspecified atom stereocenters. The molecule has 1 aliphatic heterocycles. The van der Waals surface area contributed by atoms with E-state index < -0.39 is 0 Å². The first-order chi connectivity index (χ1) is 12.2. The van der Waals surface area contributed by atoms with Crippen LogP contribution >= 0.6 is 11.3 Å². The number of aromatic nitrogens is 4. The van der Waals surface area contributed by atoms with Gasteiger partial charge in [0.1, 0.15) is 5.82 Å². The Balaban J connectivity index is 1.41. The third kappa shape index (κ3) is 3.12. The molecule has 0 aromatic carbocycles. The van der Waals surface area contributed by atoms with Gasteiger partial charge in [0.15, 0.2) is 11.6 Å². The van der Waals surface area contributed by atoms with Gasteiger partial charge in [0, 0.05) is 38.6 Å². The lowest BCUT2D eigenvalue weighted by atomic mass is 10.3. The Morgan fingerprint density at radius 3 is 2.44 bits per heavy atom. The van der Waals surface area contributed by atoms with Crippen LogP contribution in [0.25, 0.3) is 5.82 Å². The molecule has 25 heavy (non-hydrogen) atoms. The molecule has 0 N–H and O–H groups in total. The summed E-state index contributed by atoms with van der Waals surface area (Å²) in [4.78, 5) is 21.5. The molecular formula is C17H18N6OS. The van der Waals surface area contributed by atoms with Gasteiger partial charge in [-0.15, -0.1) is 21.5 Å². The van der Waals surface area contributed by atoms with Crippen LogP contribution in [-0.4, -0.2) is 56.7 Å². The highest BCUT2D eigenvalue weighted by molar-refractivity contribution is 7.12. The molecule has 7 nitrogen and oxygen atoms in total. The number of imidazole rings is 1. The number of nitrogens with zero attached hydrogens (tertiary/aromatic N) is 6. The largest absolute Gasteiger partial charge is 0.352 e. The Kier molecular flexibility index (Phi) is 4.19. The van der Waals surface area contributed by atoms with E-state index in [-0.39, 0.29) is 5.91 Å². The summed E-state index contributed by atoms with van der Waals surface area (Å²) >= 11 is 1.49. The van der Waals surface area contributed by atoms with Gasteiger partial charge in [0.05, 0.1) is 4.88 Å². The summed E-state index contributed by atoms with van der Waals surface area (Å²) in [7, 11) is 0. The monoisotopic (exact) mass is 354 g/mol. The first-order valence-corrected chi connectivity index (χ1v) is 9.02. The number of hydrogen-bond acceptors (Lipinski definition) is 6. The average Bonchev–Trinajstić information content (AvgIpc) is 3.33. The van der Waals surface area contributed by atoms with E-state index in [1.54, 1.807) is 6.20 Å². The van der Waals surface area contributed by atoms with Crippen molar-refractivity contribution in [1.29, 1.82) is 0 Å². The first kappa shape index (κ1) is 15.8. The summed E-state index contributed by atoms with van der Waals surface area (Å²) in [6, 6.07) is 7.70. The molecular weight excluding hydrogens is 336 g/mol. The molecule has 0 radical (unpaired) electrons. The molecule has 8 heteroatoms. The van der Waals surface area contributed by atoms with Gasteiger partial charge in [-0.3, -0.25) is 9.36 Å². The van der Waals surface area contributed by atoms with Crippen LogP contribution in [0.4, 0.5) is 5.82 Å². The van der Waals surface area contributed by atoms with E-state index in [9.17, 15) is 4.79 Å². The first-order valence-electron chi connectivity index (χ1n) is 8.14. The number of rotatable bonds is 3. The fourth-order valence-corrected chi connectivity index (χ4v) is 3.62. The normalized spacial score (nSPS) is 14.8. The van der Waals surface area contributed by atoms with Gasteiger partial charge in [0.25, 0.3) is 5.91 Å². The van der Waals surface area contributed by atoms with Crippen molar-refractivity contribution in [2.24, 2.45) is 0 Å². The van der Waals surface area contributed by atoms with Gasteiger partial charge in [-0.1, -0.05) is 6.07 Å². The standard InChI is InChI=1S/C17H18N6OS/c1-13-18-6-7-23(13)16-5-4-15(19-20-16)21-8-10-22(11-9-21)17(24)14-3-2-12-25-14/h2-7,12H,8-11H2,1H3. The molecule has 0 atom stereocenters. The third-order valence-corrected chi connectivity index (χ3v) is 5.19. The molecule has 1 fully saturated rings. The highest BCUT2D eigenvalue weighted by Gasteiger charge is 2.23. The topological polar surface area (TPSA) is 67.2 Å². The van der Waals surface area contributed by atoms with E-state index in [1.807, 2.05) is 52.2 Å². The zero-order valence-electron chi connectivity index (χ0n) is 13.9. The molecule has 3 aromatic heterocycles. The van der Waals surface area contributed by atoms with E-state index in [0.29, 0.717) is 13.1 Å². The second-order valence-corrected chi connectivity index (χ2v) is 6.80. The Morgan fingerprint density at radius 1 is 1.08 bits per heavy atom. The summed E-state index contributed by atoms with van der Waals surface area (Å²) in [5.74, 6) is 2.59. The van der Waals surface area contributed by atoms with Crippen LogP contribution in [-0.2, 0) is 0 Å². The molecule has 0 aliphatic carbocycles. The van der Waals surface area contributed by atoms with E-state index >= 15 is 0 Å². The molecule has 4 heterocycles. The summed E-state index contributed by atoms with van der Waals surface area (Å²) < 4.78 is 1.90. The Hall–Kier alpha value is -2.74. The number of carbonyl (C=O) groups is 1. The van der Waals surface area contributed by atoms with Gasteiger partial charge >= 0.3 is 0 Å². The van der Waals surface area contributed by atoms with Crippen LogP contribution in [0, 0.1) is 6.92 Å². The minimum atomic E-state index is 0.117. The number of aryl methyl sites for hydroxylation is 1. The molecule has 128 valence electrons. The molecule has 0 saturated carbocycles. The van der Waals surface area contributed by atoms with Crippen LogP contribution < -0.4 is 4.90 Å². The highest BCUT2D eigenvalue weighted by Crippen LogP contribution is 2.17. The van der Waals surface area contributed by atoms with Crippen LogP contribution in [0.5, 0.6) is 0 Å². The fraction of sp³-hybridized carbons (Fsp3) is 0.294. The maximum atomic E-state index is 12.4. The van der Waals surface area contributed by atoms with Crippen molar-refractivity contribution in [2.45, 2.75) is 6.92 Å². The van der Waals surface area contributed by atoms with Gasteiger partial charge < -0.3 is 9.80 Å². The van der Waals surface area contributed by atoms with Crippen molar-refractivity contribution < 1.29 is 4.79 Å². The van der Waals surface area contributed by atoms with E-state index in [2.05, 4.69) is 20.1 Å². The fourth-order valence-electron chi connectivity index (χ4n) is 2.93. The lowest BCUT2D eigenvalue weighted by Crippen LogP contribution is -2.49. The lowest BCUT2D eigenvalue weighted by molar-refractivity contribution is 0.0751. The summed E-state index contributed by atoms with van der Waals surface area (Å²) in [6.45, 7) is 4.84. The van der Waals surface area contributed by atoms with E-state index in [4.69, 9.17) is 0 Å². The zero-order valence-corrected chi connectivity index (χ0v) is 14.7. The molecule has 0 spiro atoms. The van der Waals surface area contributed by atoms with Crippen LogP contribution in [0.1, 0.15) is 15.5 Å². The van der Waals surface area contributed by atoms with Gasteiger partial charge in [0.2, 0.25) is 0 Å². The highest BCUT2D eigenvalue weighted by atomic mass is 32.1. The smallest absolute Gasteiger partial charge is 0.264 e. The van der Waals surface area contributed by atoms with Crippen molar-refractivity contribution in [3.05, 3.63) is 52.7 Å². The minimum Gasteiger partial charge on any atom is -0.352 e. The average molecular weight is 354 g/mol. The lowest BCUT2D eigenvalue weighted by Gasteiger charge is -2.35. The Morgan fingerprint density at radius 2 is 1.84 bits per heavy atom. The van der Waals surface area contributed by atoms with Crippen LogP contribution in [0.2, 0.25) is 0 Å². The molecule has 3 aromatic rings. The zero-order chi connectivity index (χ0) is 17.2. The maximum Gasteiger partial charge on any atom is 0.264 e. The van der Waals surface area contributed by atoms with Crippen molar-refractivity contribution >= 4 is 23.1 Å². The number of hydrogen-bond donors (Lipinski definition) is 0. The molecule has 4 rings (SSSR count). The maximum absolute atomic E-state index is 12.4. The van der Waals surface area contributed by atoms with Crippen molar-refractivity contribution in [3.63, 3.8) is 0 Å².